The number of aromatic nitrogens is 2. The van der Waals surface area contributed by atoms with Gasteiger partial charge in [-0.2, -0.15) is 0 Å². The number of carboxylic acid groups (broad SMARTS) is 1. The predicted molar refractivity (Wildman–Crippen MR) is 319 cm³/mol. The molecule has 2 unspecified atom stereocenters. The van der Waals surface area contributed by atoms with Crippen molar-refractivity contribution in [2.24, 2.45) is 5.92 Å². The molecule has 446 valence electrons. The second-order valence-electron chi connectivity index (χ2n) is 21.3. The molecule has 24 nitrogen and oxygen atoms in total. The van der Waals surface area contributed by atoms with Crippen LogP contribution in [0, 0.1) is 5.92 Å². The van der Waals surface area contributed by atoms with E-state index in [1.807, 2.05) is 37.3 Å². The zero-order valence-corrected chi connectivity index (χ0v) is 48.6. The van der Waals surface area contributed by atoms with Crippen LogP contribution in [0.3, 0.4) is 0 Å². The average Bonchev–Trinajstić information content (AvgIpc) is 1.80. The molecule has 1 aliphatic carbocycles. The third-order valence-corrected chi connectivity index (χ3v) is 16.9. The second-order valence-corrected chi connectivity index (χ2v) is 23.6. The molecule has 2 aromatic heterocycles. The van der Waals surface area contributed by atoms with Gasteiger partial charge in [0.2, 0.25) is 27.4 Å². The van der Waals surface area contributed by atoms with Crippen molar-refractivity contribution in [3.8, 4) is 11.4 Å². The number of ether oxygens (including phenoxy) is 2. The fraction of sp³-hybridized carbons (Fsp3) is 0.356. The highest BCUT2D eigenvalue weighted by atomic mass is 32.2. The van der Waals surface area contributed by atoms with Gasteiger partial charge < -0.3 is 61.3 Å². The molecule has 0 radical (unpaired) electrons. The van der Waals surface area contributed by atoms with Crippen molar-refractivity contribution >= 4 is 97.1 Å². The number of carbonyl (C=O) groups excluding carboxylic acids is 6. The van der Waals surface area contributed by atoms with E-state index in [0.29, 0.717) is 53.4 Å². The van der Waals surface area contributed by atoms with Crippen molar-refractivity contribution in [1.82, 2.24) is 41.0 Å². The van der Waals surface area contributed by atoms with Crippen LogP contribution in [0.15, 0.2) is 114 Å². The molecular weight excluding hydrogens is 1130 g/mol. The highest BCUT2D eigenvalue weighted by Crippen LogP contribution is 2.41. The highest BCUT2D eigenvalue weighted by molar-refractivity contribution is 7.93. The van der Waals surface area contributed by atoms with E-state index in [1.54, 1.807) is 67.8 Å². The summed E-state index contributed by atoms with van der Waals surface area (Å²) >= 11 is 5.48. The number of likely N-dealkylation sites (tertiary alicyclic amines) is 1. The van der Waals surface area contributed by atoms with Crippen molar-refractivity contribution in [2.45, 2.75) is 108 Å². The number of urea groups is 2. The first-order valence-corrected chi connectivity index (χ1v) is 29.8. The van der Waals surface area contributed by atoms with Gasteiger partial charge in [0.15, 0.2) is 5.11 Å². The zero-order chi connectivity index (χ0) is 60.7. The Hall–Kier alpha value is -9.17. The number of hydrogen-bond acceptors (Lipinski definition) is 14. The lowest BCUT2D eigenvalue weighted by molar-refractivity contribution is -0.191. The first kappa shape index (κ1) is 60.4. The minimum atomic E-state index is -4.05. The number of benzene rings is 3. The lowest BCUT2D eigenvalue weighted by Crippen LogP contribution is -2.56. The number of anilines is 3. The van der Waals surface area contributed by atoms with E-state index in [1.165, 1.54) is 35.3 Å². The maximum absolute atomic E-state index is 14.3. The van der Waals surface area contributed by atoms with Crippen LogP contribution in [0.25, 0.3) is 22.3 Å². The Bertz CT molecular complexity index is 3740. The van der Waals surface area contributed by atoms with Gasteiger partial charge in [-0.05, 0) is 110 Å². The number of nitrogens with zero attached hydrogens (tertiary/aromatic N) is 3. The summed E-state index contributed by atoms with van der Waals surface area (Å²) in [5.41, 5.74) is 2.16. The number of esters is 2. The van der Waals surface area contributed by atoms with Gasteiger partial charge in [0.05, 0.1) is 48.0 Å². The lowest BCUT2D eigenvalue weighted by Gasteiger charge is -2.37. The van der Waals surface area contributed by atoms with E-state index >= 15 is 0 Å². The molecular formula is C59H65N11O13S2. The first-order valence-electron chi connectivity index (χ1n) is 27.8. The minimum Gasteiger partial charge on any atom is -0.481 e. The molecule has 5 atom stereocenters. The summed E-state index contributed by atoms with van der Waals surface area (Å²) in [7, 11) is -4.05. The van der Waals surface area contributed by atoms with Crippen LogP contribution in [0.4, 0.5) is 26.7 Å². The van der Waals surface area contributed by atoms with Gasteiger partial charge >= 0.3 is 30.0 Å². The van der Waals surface area contributed by atoms with E-state index in [9.17, 15) is 51.9 Å². The van der Waals surface area contributed by atoms with Crippen LogP contribution < -0.4 is 47.5 Å². The molecule has 0 saturated carbocycles. The van der Waals surface area contributed by atoms with Gasteiger partial charge in [0, 0.05) is 58.8 Å². The van der Waals surface area contributed by atoms with Crippen molar-refractivity contribution in [3.05, 3.63) is 141 Å². The smallest absolute Gasteiger partial charge is 0.355 e. The molecule has 1 saturated heterocycles. The fourth-order valence-electron chi connectivity index (χ4n) is 10.7. The van der Waals surface area contributed by atoms with E-state index in [0.717, 1.165) is 22.9 Å². The number of sulfonamides is 1. The number of carbonyl (C=O) groups is 7. The van der Waals surface area contributed by atoms with Gasteiger partial charge in [0.1, 0.15) is 23.9 Å². The average molecular weight is 1200 g/mol. The molecule has 85 heavy (non-hydrogen) atoms. The third-order valence-electron chi connectivity index (χ3n) is 15.0. The molecule has 1 fully saturated rings. The van der Waals surface area contributed by atoms with E-state index < -0.39 is 98.7 Å². The fourth-order valence-corrected chi connectivity index (χ4v) is 12.2. The second kappa shape index (κ2) is 25.8. The number of thiocarbonyl (C=S) groups is 1. The number of fused-ring (bicyclic) bond motifs is 5. The number of para-hydroxylation sites is 1. The number of carboxylic acids is 1. The Kier molecular flexibility index (Phi) is 18.3. The Morgan fingerprint density at radius 2 is 1.65 bits per heavy atom. The largest absolute Gasteiger partial charge is 0.481 e. The first-order chi connectivity index (χ1) is 40.7. The van der Waals surface area contributed by atoms with E-state index in [4.69, 9.17) is 26.7 Å². The molecule has 6 amide bonds. The Balaban J connectivity index is 0.767. The molecule has 3 aromatic carbocycles. The molecule has 9 rings (SSSR count). The number of aliphatic carboxylic acids is 1. The van der Waals surface area contributed by atoms with Gasteiger partial charge in [-0.1, -0.05) is 70.2 Å². The minimum absolute atomic E-state index is 0.00590. The summed E-state index contributed by atoms with van der Waals surface area (Å²) in [6.07, 6.45) is 5.52. The van der Waals surface area contributed by atoms with E-state index in [2.05, 4.69) is 41.9 Å². The number of rotatable bonds is 20. The number of pyridine rings is 2. The van der Waals surface area contributed by atoms with Crippen LogP contribution in [0.1, 0.15) is 94.5 Å². The summed E-state index contributed by atoms with van der Waals surface area (Å²) in [5, 5.41) is 28.9. The molecule has 0 spiro atoms. The standard InChI is InChI=1S/C59H65N11O13S2/c1-5-23-60-56(78)63-39-14-10-16-41(27-39)85(80,81)68-40-15-9-13-35(26-40)45(29-49(72)73)66-57(79)62-37-19-21-38(22-20-37)64-58(84)61-30-48(71)69-24-11-18-46(69)52(74)67-50(33(3)4)54(76)83-59(6-2)43-28-47-51-36(25-34-12-7-8-17-44(34)65-51)31-70(47)53(75)42(43)32-82-55(59)77/h7-10,12-17,19-22,25-26,28,33,41,45-46,50,68H,5-6,11,18,23-24,27,29-32H2,1-4H3,(H,67,74)(H,72,73)(H2,60,63,78)(H2,61,64,84)(H2,62,66,79)/t41?,45?,46-,50-,59-/m0/s1. The SMILES string of the molecule is CCCNC(=O)NC1=CC=CC(S(=O)(=O)Nc2cccc(C(CC(=O)O)NC(=O)Nc3ccc(NC(=S)NCC(=O)N4CCC[C@H]4C(=O)N[C@H](C(=O)O[C@]4(CC)C(=O)OCc5c4cc4n(c5=O)Cc5cc6ccccc6nc5-4)C(C)C)cc3)c2)C1. The number of amides is 6. The number of nitrogens with one attached hydrogen (secondary N) is 8. The summed E-state index contributed by atoms with van der Waals surface area (Å²) in [4.78, 5) is 114. The van der Waals surface area contributed by atoms with Crippen LogP contribution >= 0.6 is 12.2 Å². The van der Waals surface area contributed by atoms with Gasteiger partial charge in [-0.3, -0.25) is 23.9 Å². The Morgan fingerprint density at radius 1 is 0.894 bits per heavy atom. The molecule has 5 heterocycles. The van der Waals surface area contributed by atoms with E-state index in [-0.39, 0.29) is 61.0 Å². The van der Waals surface area contributed by atoms with Crippen molar-refractivity contribution in [2.75, 3.05) is 35.0 Å². The van der Waals surface area contributed by atoms with Gasteiger partial charge in [0.25, 0.3) is 5.56 Å². The topological polar surface area (TPSA) is 327 Å². The van der Waals surface area contributed by atoms with Crippen molar-refractivity contribution < 1.29 is 56.6 Å². The summed E-state index contributed by atoms with van der Waals surface area (Å²) in [6.45, 7) is 7.28. The number of allylic oxidation sites excluding steroid dienone is 3. The van der Waals surface area contributed by atoms with Crippen molar-refractivity contribution in [3.63, 3.8) is 0 Å². The summed E-state index contributed by atoms with van der Waals surface area (Å²) in [6, 6.07) is 19.0. The Morgan fingerprint density at radius 3 is 2.38 bits per heavy atom. The maximum Gasteiger partial charge on any atom is 0.355 e. The van der Waals surface area contributed by atoms with Gasteiger partial charge in [-0.25, -0.2) is 32.6 Å². The molecule has 9 N–H and O–H groups in total. The lowest BCUT2D eigenvalue weighted by atomic mass is 9.85. The van der Waals surface area contributed by atoms with Crippen molar-refractivity contribution in [1.29, 1.82) is 0 Å². The van der Waals surface area contributed by atoms with Crippen LogP contribution in [-0.4, -0.2) is 112 Å². The Labute approximate surface area is 494 Å². The highest BCUT2D eigenvalue weighted by Gasteiger charge is 2.52. The van der Waals surface area contributed by atoms with Crippen LogP contribution in [0.5, 0.6) is 0 Å². The summed E-state index contributed by atoms with van der Waals surface area (Å²) < 4.78 is 42.7. The molecule has 26 heteroatoms. The molecule has 4 aliphatic rings. The number of cyclic esters (lactones) is 1. The molecule has 5 aromatic rings. The van der Waals surface area contributed by atoms with Crippen LogP contribution in [-0.2, 0) is 62.2 Å². The predicted octanol–water partition coefficient (Wildman–Crippen LogP) is 5.75. The monoisotopic (exact) mass is 1200 g/mol. The molecule has 3 aliphatic heterocycles. The maximum atomic E-state index is 14.3. The summed E-state index contributed by atoms with van der Waals surface area (Å²) in [5.74, 6) is -4.62. The normalized spacial score (nSPS) is 18.3. The van der Waals surface area contributed by atoms with Crippen LogP contribution in [0.2, 0.25) is 0 Å². The third kappa shape index (κ3) is 13.6. The van der Waals surface area contributed by atoms with Gasteiger partial charge in [-0.15, -0.1) is 0 Å². The quantitative estimate of drug-likeness (QED) is 0.0325. The zero-order valence-electron chi connectivity index (χ0n) is 47.0. The molecule has 0 bridgehead atoms. The number of hydrogen-bond donors (Lipinski definition) is 9.